The third kappa shape index (κ3) is 5.49. The van der Waals surface area contributed by atoms with Gasteiger partial charge in [-0.1, -0.05) is 6.92 Å². The minimum Gasteiger partial charge on any atom is -0.396 e. The van der Waals surface area contributed by atoms with E-state index in [4.69, 9.17) is 14.9 Å². The number of hydrogen-bond acceptors (Lipinski definition) is 4. The first-order chi connectivity index (χ1) is 5.72. The number of hydrogen-bond donors (Lipinski definition) is 3. The fourth-order valence-corrected chi connectivity index (χ4v) is 0.784. The summed E-state index contributed by atoms with van der Waals surface area (Å²) in [6.45, 7) is 2.57. The summed E-state index contributed by atoms with van der Waals surface area (Å²) in [6, 6.07) is 0. The lowest BCUT2D eigenvalue weighted by Crippen LogP contribution is -2.31. The Bertz CT molecular complexity index is 97.1. The van der Waals surface area contributed by atoms with Crippen LogP contribution in [0.4, 0.5) is 0 Å². The van der Waals surface area contributed by atoms with Crippen LogP contribution in [0.1, 0.15) is 19.8 Å². The van der Waals surface area contributed by atoms with Crippen LogP contribution in [-0.4, -0.2) is 47.3 Å². The normalized spacial score (nSPS) is 16.0. The highest BCUT2D eigenvalue weighted by atomic mass is 16.5. The van der Waals surface area contributed by atoms with Gasteiger partial charge in [-0.15, -0.1) is 0 Å². The van der Waals surface area contributed by atoms with Crippen LogP contribution in [-0.2, 0) is 4.74 Å². The molecule has 0 saturated heterocycles. The molecule has 0 aliphatic rings. The molecule has 12 heavy (non-hydrogen) atoms. The summed E-state index contributed by atoms with van der Waals surface area (Å²) in [5, 5.41) is 26.8. The first kappa shape index (κ1) is 11.8. The van der Waals surface area contributed by atoms with Crippen molar-refractivity contribution in [3.05, 3.63) is 0 Å². The van der Waals surface area contributed by atoms with Crippen molar-refractivity contribution in [2.75, 3.05) is 19.8 Å². The molecule has 0 radical (unpaired) electrons. The standard InChI is InChI=1S/C8H18O4/c1-2-5-12-6-8(11)7(10)3-4-9/h7-11H,2-6H2,1H3. The number of aliphatic hydroxyl groups is 3. The predicted octanol–water partition coefficient (Wildman–Crippen LogP) is -0.483. The molecular formula is C8H18O4. The highest BCUT2D eigenvalue weighted by Gasteiger charge is 2.14. The molecule has 4 nitrogen and oxygen atoms in total. The Morgan fingerprint density at radius 2 is 1.92 bits per heavy atom. The molecular weight excluding hydrogens is 160 g/mol. The Labute approximate surface area is 72.8 Å². The molecule has 4 heteroatoms. The highest BCUT2D eigenvalue weighted by molar-refractivity contribution is 4.65. The van der Waals surface area contributed by atoms with E-state index in [9.17, 15) is 5.11 Å². The lowest BCUT2D eigenvalue weighted by Gasteiger charge is -2.16. The minimum absolute atomic E-state index is 0.119. The van der Waals surface area contributed by atoms with Crippen LogP contribution >= 0.6 is 0 Å². The van der Waals surface area contributed by atoms with Gasteiger partial charge in [0.2, 0.25) is 0 Å². The van der Waals surface area contributed by atoms with Gasteiger partial charge in [-0.25, -0.2) is 0 Å². The molecule has 0 aliphatic heterocycles. The molecule has 0 rings (SSSR count). The Balaban J connectivity index is 3.35. The van der Waals surface area contributed by atoms with Crippen LogP contribution in [0.15, 0.2) is 0 Å². The Morgan fingerprint density at radius 1 is 1.25 bits per heavy atom. The molecule has 0 heterocycles. The van der Waals surface area contributed by atoms with Gasteiger partial charge < -0.3 is 20.1 Å². The van der Waals surface area contributed by atoms with E-state index in [0.29, 0.717) is 6.61 Å². The van der Waals surface area contributed by atoms with Gasteiger partial charge in [-0.05, 0) is 12.8 Å². The van der Waals surface area contributed by atoms with Crippen LogP contribution in [0.2, 0.25) is 0 Å². The SMILES string of the molecule is CCCOCC(O)C(O)CCO. The van der Waals surface area contributed by atoms with Gasteiger partial charge in [-0.3, -0.25) is 0 Å². The summed E-state index contributed by atoms with van der Waals surface area (Å²) in [5.74, 6) is 0. The second kappa shape index (κ2) is 7.49. The molecule has 0 spiro atoms. The van der Waals surface area contributed by atoms with E-state index in [1.54, 1.807) is 0 Å². The molecule has 2 unspecified atom stereocenters. The Hall–Kier alpha value is -0.160. The van der Waals surface area contributed by atoms with Crippen LogP contribution in [0.3, 0.4) is 0 Å². The molecule has 0 fully saturated rings. The van der Waals surface area contributed by atoms with E-state index in [1.807, 2.05) is 6.92 Å². The van der Waals surface area contributed by atoms with E-state index in [-0.39, 0.29) is 19.6 Å². The molecule has 0 bridgehead atoms. The second-order valence-corrected chi connectivity index (χ2v) is 2.72. The topological polar surface area (TPSA) is 69.9 Å². The van der Waals surface area contributed by atoms with Crippen molar-refractivity contribution in [3.63, 3.8) is 0 Å². The maximum atomic E-state index is 9.19. The summed E-state index contributed by atoms with van der Waals surface area (Å²) in [6.07, 6.45) is -0.685. The van der Waals surface area contributed by atoms with E-state index in [0.717, 1.165) is 6.42 Å². The van der Waals surface area contributed by atoms with Crippen molar-refractivity contribution >= 4 is 0 Å². The summed E-state index contributed by atoms with van der Waals surface area (Å²) in [7, 11) is 0. The lowest BCUT2D eigenvalue weighted by molar-refractivity contribution is -0.0449. The first-order valence-corrected chi connectivity index (χ1v) is 4.27. The number of aliphatic hydroxyl groups excluding tert-OH is 3. The van der Waals surface area contributed by atoms with E-state index < -0.39 is 12.2 Å². The van der Waals surface area contributed by atoms with E-state index >= 15 is 0 Å². The van der Waals surface area contributed by atoms with Crippen LogP contribution in [0.25, 0.3) is 0 Å². The third-order valence-electron chi connectivity index (χ3n) is 1.51. The van der Waals surface area contributed by atoms with Gasteiger partial charge >= 0.3 is 0 Å². The van der Waals surface area contributed by atoms with Gasteiger partial charge in [0.05, 0.1) is 12.7 Å². The molecule has 74 valence electrons. The minimum atomic E-state index is -0.885. The van der Waals surface area contributed by atoms with Crippen molar-refractivity contribution in [3.8, 4) is 0 Å². The zero-order valence-corrected chi connectivity index (χ0v) is 7.44. The average molecular weight is 178 g/mol. The maximum Gasteiger partial charge on any atom is 0.103 e. The van der Waals surface area contributed by atoms with Gasteiger partial charge in [0, 0.05) is 13.2 Å². The van der Waals surface area contributed by atoms with Gasteiger partial charge in [-0.2, -0.15) is 0 Å². The second-order valence-electron chi connectivity index (χ2n) is 2.72. The Kier molecular flexibility index (Phi) is 7.39. The quantitative estimate of drug-likeness (QED) is 0.460. The van der Waals surface area contributed by atoms with E-state index in [1.165, 1.54) is 0 Å². The average Bonchev–Trinajstić information content (AvgIpc) is 2.05. The van der Waals surface area contributed by atoms with Crippen LogP contribution < -0.4 is 0 Å². The van der Waals surface area contributed by atoms with Crippen molar-refractivity contribution < 1.29 is 20.1 Å². The van der Waals surface area contributed by atoms with Crippen molar-refractivity contribution in [2.24, 2.45) is 0 Å². The first-order valence-electron chi connectivity index (χ1n) is 4.27. The van der Waals surface area contributed by atoms with Gasteiger partial charge in [0.25, 0.3) is 0 Å². The molecule has 2 atom stereocenters. The highest BCUT2D eigenvalue weighted by Crippen LogP contribution is 1.99. The van der Waals surface area contributed by atoms with Gasteiger partial charge in [0.15, 0.2) is 0 Å². The maximum absolute atomic E-state index is 9.19. The zero-order chi connectivity index (χ0) is 9.40. The largest absolute Gasteiger partial charge is 0.396 e. The fourth-order valence-electron chi connectivity index (χ4n) is 0.784. The van der Waals surface area contributed by atoms with Crippen LogP contribution in [0, 0.1) is 0 Å². The summed E-state index contributed by atoms with van der Waals surface area (Å²) in [5.41, 5.74) is 0. The molecule has 0 amide bonds. The lowest BCUT2D eigenvalue weighted by atomic mass is 10.1. The molecule has 0 aromatic heterocycles. The summed E-state index contributed by atoms with van der Waals surface area (Å²) >= 11 is 0. The number of ether oxygens (including phenoxy) is 1. The Morgan fingerprint density at radius 3 is 2.42 bits per heavy atom. The number of rotatable bonds is 7. The van der Waals surface area contributed by atoms with Gasteiger partial charge in [0.1, 0.15) is 6.10 Å². The van der Waals surface area contributed by atoms with Crippen LogP contribution in [0.5, 0.6) is 0 Å². The summed E-state index contributed by atoms with van der Waals surface area (Å²) < 4.78 is 5.02. The monoisotopic (exact) mass is 178 g/mol. The van der Waals surface area contributed by atoms with Crippen molar-refractivity contribution in [1.82, 2.24) is 0 Å². The predicted molar refractivity (Wildman–Crippen MR) is 44.8 cm³/mol. The molecule has 0 aromatic carbocycles. The van der Waals surface area contributed by atoms with E-state index in [2.05, 4.69) is 0 Å². The van der Waals surface area contributed by atoms with Crippen molar-refractivity contribution in [1.29, 1.82) is 0 Å². The summed E-state index contributed by atoms with van der Waals surface area (Å²) in [4.78, 5) is 0. The van der Waals surface area contributed by atoms with Crippen molar-refractivity contribution in [2.45, 2.75) is 32.0 Å². The fraction of sp³-hybridized carbons (Fsp3) is 1.00. The molecule has 0 aromatic rings. The molecule has 0 aliphatic carbocycles. The molecule has 0 saturated carbocycles. The smallest absolute Gasteiger partial charge is 0.103 e. The molecule has 3 N–H and O–H groups in total. The third-order valence-corrected chi connectivity index (χ3v) is 1.51. The zero-order valence-electron chi connectivity index (χ0n) is 7.44.